The highest BCUT2D eigenvalue weighted by Gasteiger charge is 2.23. The van der Waals surface area contributed by atoms with Gasteiger partial charge in [0, 0.05) is 23.4 Å². The van der Waals surface area contributed by atoms with Crippen LogP contribution in [0.1, 0.15) is 30.2 Å². The van der Waals surface area contributed by atoms with E-state index in [4.69, 9.17) is 4.98 Å². The number of thiophene rings is 1. The Labute approximate surface area is 175 Å². The van der Waals surface area contributed by atoms with Crippen LogP contribution in [0.4, 0.5) is 0 Å². The number of hydrogen-bond donors (Lipinski definition) is 0. The molecule has 0 saturated heterocycles. The van der Waals surface area contributed by atoms with Crippen LogP contribution in [-0.2, 0) is 25.9 Å². The number of thioether (sulfide) groups is 1. The first-order valence-corrected chi connectivity index (χ1v) is 11.7. The molecule has 4 aromatic rings. The van der Waals surface area contributed by atoms with Crippen molar-refractivity contribution in [3.63, 3.8) is 0 Å². The van der Waals surface area contributed by atoms with Gasteiger partial charge in [-0.25, -0.2) is 14.5 Å². The smallest absolute Gasteiger partial charge is 0.287 e. The first-order valence-electron chi connectivity index (χ1n) is 9.89. The molecule has 29 heavy (non-hydrogen) atoms. The van der Waals surface area contributed by atoms with Crippen LogP contribution in [0, 0.1) is 0 Å². The molecule has 4 heterocycles. The summed E-state index contributed by atoms with van der Waals surface area (Å²) in [5.74, 6) is 0.622. The SMILES string of the molecule is CCCn1c(SCCn2nc3ccccn3c2=O)nc2sc3c(c2c1=O)CCC3. The number of pyridine rings is 1. The minimum atomic E-state index is -0.148. The van der Waals surface area contributed by atoms with Crippen LogP contribution < -0.4 is 11.2 Å². The van der Waals surface area contributed by atoms with Crippen molar-refractivity contribution in [3.05, 3.63) is 55.7 Å². The predicted octanol–water partition coefficient (Wildman–Crippen LogP) is 2.96. The van der Waals surface area contributed by atoms with Crippen LogP contribution in [-0.4, -0.2) is 29.5 Å². The lowest BCUT2D eigenvalue weighted by Gasteiger charge is -2.11. The molecule has 0 spiro atoms. The number of aromatic nitrogens is 5. The molecule has 1 aliphatic rings. The summed E-state index contributed by atoms with van der Waals surface area (Å²) in [6, 6.07) is 5.49. The summed E-state index contributed by atoms with van der Waals surface area (Å²) in [6.45, 7) is 3.19. The van der Waals surface area contributed by atoms with E-state index in [1.807, 2.05) is 22.8 Å². The van der Waals surface area contributed by atoms with Crippen LogP contribution >= 0.6 is 23.1 Å². The third-order valence-electron chi connectivity index (χ3n) is 5.26. The second kappa shape index (κ2) is 7.46. The van der Waals surface area contributed by atoms with E-state index < -0.39 is 0 Å². The Kier molecular flexibility index (Phi) is 4.79. The first kappa shape index (κ1) is 18.6. The van der Waals surface area contributed by atoms with E-state index in [0.29, 0.717) is 24.5 Å². The number of hydrogen-bond acceptors (Lipinski definition) is 6. The number of fused-ring (bicyclic) bond motifs is 4. The molecule has 0 fully saturated rings. The lowest BCUT2D eigenvalue weighted by atomic mass is 10.2. The fraction of sp³-hybridized carbons (Fsp3) is 0.400. The van der Waals surface area contributed by atoms with Crippen molar-refractivity contribution in [3.8, 4) is 0 Å². The molecular weight excluding hydrogens is 406 g/mol. The highest BCUT2D eigenvalue weighted by atomic mass is 32.2. The van der Waals surface area contributed by atoms with Gasteiger partial charge in [-0.2, -0.15) is 0 Å². The van der Waals surface area contributed by atoms with Crippen molar-refractivity contribution >= 4 is 39.0 Å². The molecule has 0 aromatic carbocycles. The van der Waals surface area contributed by atoms with Crippen molar-refractivity contribution in [1.82, 2.24) is 23.7 Å². The van der Waals surface area contributed by atoms with Gasteiger partial charge in [-0.1, -0.05) is 24.8 Å². The number of aryl methyl sites for hydroxylation is 3. The molecule has 4 aromatic heterocycles. The lowest BCUT2D eigenvalue weighted by Crippen LogP contribution is -2.24. The molecule has 0 saturated carbocycles. The van der Waals surface area contributed by atoms with E-state index in [2.05, 4.69) is 12.0 Å². The zero-order chi connectivity index (χ0) is 20.0. The van der Waals surface area contributed by atoms with Crippen LogP contribution in [0.5, 0.6) is 0 Å². The Morgan fingerprint density at radius 1 is 1.21 bits per heavy atom. The summed E-state index contributed by atoms with van der Waals surface area (Å²) in [7, 11) is 0. The summed E-state index contributed by atoms with van der Waals surface area (Å²) < 4.78 is 4.82. The molecule has 0 aliphatic heterocycles. The van der Waals surface area contributed by atoms with Gasteiger partial charge in [-0.3, -0.25) is 13.8 Å². The van der Waals surface area contributed by atoms with Crippen LogP contribution in [0.25, 0.3) is 15.9 Å². The van der Waals surface area contributed by atoms with Gasteiger partial charge in [0.15, 0.2) is 10.8 Å². The number of nitrogens with zero attached hydrogens (tertiary/aromatic N) is 5. The van der Waals surface area contributed by atoms with Crippen LogP contribution in [0.15, 0.2) is 39.1 Å². The van der Waals surface area contributed by atoms with Crippen molar-refractivity contribution in [2.75, 3.05) is 5.75 Å². The van der Waals surface area contributed by atoms with E-state index in [1.54, 1.807) is 17.5 Å². The monoisotopic (exact) mass is 427 g/mol. The van der Waals surface area contributed by atoms with Crippen LogP contribution in [0.3, 0.4) is 0 Å². The topological polar surface area (TPSA) is 74.2 Å². The summed E-state index contributed by atoms with van der Waals surface area (Å²) >= 11 is 3.19. The minimum absolute atomic E-state index is 0.0867. The van der Waals surface area contributed by atoms with Crippen molar-refractivity contribution in [2.45, 2.75) is 50.9 Å². The third kappa shape index (κ3) is 3.12. The van der Waals surface area contributed by atoms with Gasteiger partial charge in [0.25, 0.3) is 5.56 Å². The van der Waals surface area contributed by atoms with Crippen LogP contribution in [0.2, 0.25) is 0 Å². The largest absolute Gasteiger partial charge is 0.350 e. The Hall–Kier alpha value is -2.39. The molecule has 1 aliphatic carbocycles. The quantitative estimate of drug-likeness (QED) is 0.349. The molecular formula is C20H21N5O2S2. The Balaban J connectivity index is 1.45. The van der Waals surface area contributed by atoms with E-state index >= 15 is 0 Å². The molecule has 0 N–H and O–H groups in total. The molecule has 9 heteroatoms. The Bertz CT molecular complexity index is 1330. The van der Waals surface area contributed by atoms with Gasteiger partial charge >= 0.3 is 5.69 Å². The van der Waals surface area contributed by atoms with Crippen molar-refractivity contribution in [1.29, 1.82) is 0 Å². The zero-order valence-electron chi connectivity index (χ0n) is 16.1. The molecule has 0 bridgehead atoms. The molecule has 5 rings (SSSR count). The fourth-order valence-electron chi connectivity index (χ4n) is 3.93. The minimum Gasteiger partial charge on any atom is -0.287 e. The van der Waals surface area contributed by atoms with Gasteiger partial charge in [0.05, 0.1) is 11.9 Å². The van der Waals surface area contributed by atoms with Gasteiger partial charge in [-0.15, -0.1) is 16.4 Å². The standard InChI is InChI=1S/C20H21N5O2S2/c1-2-9-24-18(26)16-13-6-5-7-14(13)29-17(16)21-19(24)28-12-11-25-20(27)23-10-4-3-8-15(23)22-25/h3-4,8,10H,2,5-7,9,11-12H2,1H3. The molecule has 7 nitrogen and oxygen atoms in total. The second-order valence-corrected chi connectivity index (χ2v) is 9.32. The highest BCUT2D eigenvalue weighted by molar-refractivity contribution is 7.99. The maximum Gasteiger partial charge on any atom is 0.350 e. The van der Waals surface area contributed by atoms with E-state index in [1.165, 1.54) is 31.3 Å². The summed E-state index contributed by atoms with van der Waals surface area (Å²) in [6.07, 6.45) is 5.77. The van der Waals surface area contributed by atoms with E-state index in [-0.39, 0.29) is 11.2 Å². The van der Waals surface area contributed by atoms with E-state index in [0.717, 1.165) is 41.1 Å². The summed E-state index contributed by atoms with van der Waals surface area (Å²) in [5.41, 5.74) is 1.80. The molecule has 150 valence electrons. The molecule has 0 atom stereocenters. The molecule has 0 radical (unpaired) electrons. The molecule has 0 amide bonds. The summed E-state index contributed by atoms with van der Waals surface area (Å²) in [4.78, 5) is 32.7. The third-order valence-corrected chi connectivity index (χ3v) is 7.40. The Morgan fingerprint density at radius 2 is 2.10 bits per heavy atom. The normalized spacial score (nSPS) is 13.6. The summed E-state index contributed by atoms with van der Waals surface area (Å²) in [5, 5.41) is 5.94. The van der Waals surface area contributed by atoms with Crippen molar-refractivity contribution < 1.29 is 0 Å². The lowest BCUT2D eigenvalue weighted by molar-refractivity contribution is 0.583. The Morgan fingerprint density at radius 3 is 2.93 bits per heavy atom. The average Bonchev–Trinajstić information content (AvgIpc) is 3.38. The van der Waals surface area contributed by atoms with Gasteiger partial charge in [-0.05, 0) is 43.4 Å². The maximum absolute atomic E-state index is 13.2. The van der Waals surface area contributed by atoms with Gasteiger partial charge in [0.2, 0.25) is 0 Å². The maximum atomic E-state index is 13.2. The van der Waals surface area contributed by atoms with Gasteiger partial charge in [0.1, 0.15) is 4.83 Å². The highest BCUT2D eigenvalue weighted by Crippen LogP contribution is 2.35. The van der Waals surface area contributed by atoms with E-state index in [9.17, 15) is 9.59 Å². The zero-order valence-corrected chi connectivity index (χ0v) is 17.8. The van der Waals surface area contributed by atoms with Gasteiger partial charge < -0.3 is 0 Å². The number of rotatable bonds is 6. The molecule has 0 unspecified atom stereocenters. The second-order valence-electron chi connectivity index (χ2n) is 7.17. The predicted molar refractivity (Wildman–Crippen MR) is 116 cm³/mol. The first-order chi connectivity index (χ1) is 14.2. The fourth-order valence-corrected chi connectivity index (χ4v) is 6.17. The average molecular weight is 428 g/mol. The van der Waals surface area contributed by atoms with Crippen molar-refractivity contribution in [2.24, 2.45) is 0 Å².